The number of anilines is 1. The highest BCUT2D eigenvalue weighted by atomic mass is 32.2. The lowest BCUT2D eigenvalue weighted by Crippen LogP contribution is -2.37. The van der Waals surface area contributed by atoms with Gasteiger partial charge in [-0.1, -0.05) is 19.3 Å². The predicted octanol–water partition coefficient (Wildman–Crippen LogP) is 3.77. The minimum Gasteiger partial charge on any atom is -0.481 e. The Kier molecular flexibility index (Phi) is 5.28. The molecule has 5 heteroatoms. The van der Waals surface area contributed by atoms with E-state index in [-0.39, 0.29) is 12.3 Å². The van der Waals surface area contributed by atoms with E-state index in [1.165, 1.54) is 0 Å². The van der Waals surface area contributed by atoms with E-state index < -0.39 is 11.4 Å². The molecule has 4 nitrogen and oxygen atoms in total. The van der Waals surface area contributed by atoms with Crippen LogP contribution in [0.5, 0.6) is 0 Å². The minimum absolute atomic E-state index is 0.0621. The highest BCUT2D eigenvalue weighted by Gasteiger charge is 2.41. The molecule has 0 saturated heterocycles. The van der Waals surface area contributed by atoms with Crippen LogP contribution in [0.15, 0.2) is 29.2 Å². The van der Waals surface area contributed by atoms with E-state index in [1.807, 2.05) is 30.5 Å². The van der Waals surface area contributed by atoms with Gasteiger partial charge in [-0.3, -0.25) is 9.59 Å². The first-order valence-corrected chi connectivity index (χ1v) is 8.45. The summed E-state index contributed by atoms with van der Waals surface area (Å²) in [6.07, 6.45) is 6.10. The van der Waals surface area contributed by atoms with Gasteiger partial charge in [0.2, 0.25) is 5.91 Å². The smallest absolute Gasteiger partial charge is 0.310 e. The molecule has 0 atom stereocenters. The summed E-state index contributed by atoms with van der Waals surface area (Å²) in [5, 5.41) is 12.3. The molecule has 1 aliphatic carbocycles. The van der Waals surface area contributed by atoms with E-state index in [9.17, 15) is 14.7 Å². The molecule has 0 spiro atoms. The molecule has 2 rings (SSSR count). The lowest BCUT2D eigenvalue weighted by atomic mass is 9.71. The predicted molar refractivity (Wildman–Crippen MR) is 84.6 cm³/mol. The number of aliphatic carboxylic acids is 1. The largest absolute Gasteiger partial charge is 0.481 e. The van der Waals surface area contributed by atoms with E-state index in [0.717, 1.165) is 24.2 Å². The summed E-state index contributed by atoms with van der Waals surface area (Å²) in [4.78, 5) is 24.9. The van der Waals surface area contributed by atoms with Crippen LogP contribution in [0.3, 0.4) is 0 Å². The van der Waals surface area contributed by atoms with Crippen molar-refractivity contribution in [2.45, 2.75) is 43.4 Å². The van der Waals surface area contributed by atoms with Crippen molar-refractivity contribution in [3.63, 3.8) is 0 Å². The van der Waals surface area contributed by atoms with Crippen LogP contribution in [0.4, 0.5) is 5.69 Å². The molecule has 0 heterocycles. The van der Waals surface area contributed by atoms with Crippen LogP contribution in [0.1, 0.15) is 38.5 Å². The average Bonchev–Trinajstić information content (AvgIpc) is 2.48. The van der Waals surface area contributed by atoms with Crippen molar-refractivity contribution in [1.29, 1.82) is 0 Å². The molecular weight excluding hydrogens is 286 g/mol. The summed E-state index contributed by atoms with van der Waals surface area (Å²) in [6.45, 7) is 0. The number of hydrogen-bond donors (Lipinski definition) is 2. The summed E-state index contributed by atoms with van der Waals surface area (Å²) < 4.78 is 0. The molecule has 1 aromatic carbocycles. The van der Waals surface area contributed by atoms with Crippen LogP contribution in [0, 0.1) is 5.41 Å². The highest BCUT2D eigenvalue weighted by molar-refractivity contribution is 7.98. The van der Waals surface area contributed by atoms with Gasteiger partial charge in [0.1, 0.15) is 0 Å². The Bertz CT molecular complexity index is 507. The summed E-state index contributed by atoms with van der Waals surface area (Å²) in [5.74, 6) is -1.05. The summed E-state index contributed by atoms with van der Waals surface area (Å²) in [6, 6.07) is 7.57. The van der Waals surface area contributed by atoms with Crippen molar-refractivity contribution < 1.29 is 14.7 Å². The monoisotopic (exact) mass is 307 g/mol. The van der Waals surface area contributed by atoms with Gasteiger partial charge >= 0.3 is 5.97 Å². The maximum absolute atomic E-state index is 12.2. The zero-order valence-electron chi connectivity index (χ0n) is 12.2. The van der Waals surface area contributed by atoms with Crippen LogP contribution in [0.2, 0.25) is 0 Å². The molecule has 1 aromatic rings. The van der Waals surface area contributed by atoms with Crippen molar-refractivity contribution in [2.75, 3.05) is 11.6 Å². The lowest BCUT2D eigenvalue weighted by Gasteiger charge is -2.32. The number of rotatable bonds is 5. The number of benzene rings is 1. The van der Waals surface area contributed by atoms with Gasteiger partial charge < -0.3 is 10.4 Å². The third-order valence-corrected chi connectivity index (χ3v) is 4.88. The Morgan fingerprint density at radius 3 is 2.33 bits per heavy atom. The molecule has 0 bridgehead atoms. The first-order chi connectivity index (χ1) is 10.1. The fourth-order valence-electron chi connectivity index (χ4n) is 2.88. The standard InChI is InChI=1S/C16H21NO3S/c1-21-13-7-5-12(6-8-13)17-14(18)11-16(15(19)20)9-3-2-4-10-16/h5-8H,2-4,9-11H2,1H3,(H,17,18)(H,19,20). The molecule has 0 unspecified atom stereocenters. The number of carboxylic acids is 1. The molecule has 2 N–H and O–H groups in total. The van der Waals surface area contributed by atoms with Crippen LogP contribution < -0.4 is 5.32 Å². The zero-order valence-corrected chi connectivity index (χ0v) is 13.0. The molecule has 21 heavy (non-hydrogen) atoms. The topological polar surface area (TPSA) is 66.4 Å². The van der Waals surface area contributed by atoms with E-state index in [1.54, 1.807) is 11.8 Å². The van der Waals surface area contributed by atoms with E-state index in [0.29, 0.717) is 18.5 Å². The normalized spacial score (nSPS) is 17.2. The van der Waals surface area contributed by atoms with Crippen LogP contribution >= 0.6 is 11.8 Å². The third-order valence-electron chi connectivity index (χ3n) is 4.14. The molecule has 0 radical (unpaired) electrons. The number of amides is 1. The summed E-state index contributed by atoms with van der Waals surface area (Å²) in [7, 11) is 0. The van der Waals surface area contributed by atoms with E-state index >= 15 is 0 Å². The maximum atomic E-state index is 12.2. The van der Waals surface area contributed by atoms with Crippen LogP contribution in [0.25, 0.3) is 0 Å². The first kappa shape index (κ1) is 15.9. The van der Waals surface area contributed by atoms with Gasteiger partial charge in [-0.25, -0.2) is 0 Å². The highest BCUT2D eigenvalue weighted by Crippen LogP contribution is 2.39. The third kappa shape index (κ3) is 4.00. The first-order valence-electron chi connectivity index (χ1n) is 7.23. The Morgan fingerprint density at radius 2 is 1.81 bits per heavy atom. The van der Waals surface area contributed by atoms with Gasteiger partial charge in [-0.15, -0.1) is 11.8 Å². The summed E-state index contributed by atoms with van der Waals surface area (Å²) >= 11 is 1.64. The van der Waals surface area contributed by atoms with Crippen molar-refractivity contribution >= 4 is 29.3 Å². The number of thioether (sulfide) groups is 1. The van der Waals surface area contributed by atoms with Gasteiger partial charge in [0.05, 0.1) is 5.41 Å². The van der Waals surface area contributed by atoms with Gasteiger partial charge in [0, 0.05) is 17.0 Å². The quantitative estimate of drug-likeness (QED) is 0.813. The number of hydrogen-bond acceptors (Lipinski definition) is 3. The molecule has 1 saturated carbocycles. The number of nitrogens with one attached hydrogen (secondary N) is 1. The zero-order chi connectivity index (χ0) is 15.3. The van der Waals surface area contributed by atoms with Gasteiger partial charge in [-0.05, 0) is 43.4 Å². The maximum Gasteiger partial charge on any atom is 0.310 e. The van der Waals surface area contributed by atoms with Gasteiger partial charge in [-0.2, -0.15) is 0 Å². The molecular formula is C16H21NO3S. The molecule has 1 amide bonds. The summed E-state index contributed by atoms with van der Waals surface area (Å²) in [5.41, 5.74) is -0.157. The van der Waals surface area contributed by atoms with Crippen molar-refractivity contribution in [3.8, 4) is 0 Å². The van der Waals surface area contributed by atoms with Crippen molar-refractivity contribution in [2.24, 2.45) is 5.41 Å². The molecule has 1 aliphatic rings. The lowest BCUT2D eigenvalue weighted by molar-refractivity contribution is -0.153. The van der Waals surface area contributed by atoms with Gasteiger partial charge in [0.15, 0.2) is 0 Å². The van der Waals surface area contributed by atoms with Gasteiger partial charge in [0.25, 0.3) is 0 Å². The fourth-order valence-corrected chi connectivity index (χ4v) is 3.29. The Balaban J connectivity index is 2.00. The number of carboxylic acid groups (broad SMARTS) is 1. The Labute approximate surface area is 129 Å². The van der Waals surface area contributed by atoms with Crippen LogP contribution in [-0.4, -0.2) is 23.2 Å². The SMILES string of the molecule is CSc1ccc(NC(=O)CC2(C(=O)O)CCCCC2)cc1. The van der Waals surface area contributed by atoms with E-state index in [4.69, 9.17) is 0 Å². The van der Waals surface area contributed by atoms with E-state index in [2.05, 4.69) is 5.32 Å². The Hall–Kier alpha value is -1.49. The van der Waals surface area contributed by atoms with Crippen molar-refractivity contribution in [1.82, 2.24) is 0 Å². The number of carbonyl (C=O) groups excluding carboxylic acids is 1. The molecule has 1 fully saturated rings. The van der Waals surface area contributed by atoms with Crippen molar-refractivity contribution in [3.05, 3.63) is 24.3 Å². The second-order valence-electron chi connectivity index (χ2n) is 5.60. The minimum atomic E-state index is -0.873. The Morgan fingerprint density at radius 1 is 1.19 bits per heavy atom. The molecule has 114 valence electrons. The molecule has 0 aromatic heterocycles. The van der Waals surface area contributed by atoms with Crippen LogP contribution in [-0.2, 0) is 9.59 Å². The second-order valence-corrected chi connectivity index (χ2v) is 6.48. The average molecular weight is 307 g/mol. The second kappa shape index (κ2) is 6.98. The molecule has 0 aliphatic heterocycles. The fraction of sp³-hybridized carbons (Fsp3) is 0.500. The number of carbonyl (C=O) groups is 2.